The maximum Gasteiger partial charge on any atom is 0.255 e. The smallest absolute Gasteiger partial charge is 0.255 e. The first-order valence-electron chi connectivity index (χ1n) is 5.26. The summed E-state index contributed by atoms with van der Waals surface area (Å²) in [5.41, 5.74) is 1.30. The quantitative estimate of drug-likeness (QED) is 0.793. The summed E-state index contributed by atoms with van der Waals surface area (Å²) in [6, 6.07) is 3.43. The molecule has 0 atom stereocenters. The Balaban J connectivity index is 3.11. The number of hydrogen-bond acceptors (Lipinski definition) is 3. The third-order valence-corrected chi connectivity index (χ3v) is 2.43. The van der Waals surface area contributed by atoms with E-state index in [9.17, 15) is 4.79 Å². The molecule has 0 fully saturated rings. The Hall–Kier alpha value is -1.97. The lowest BCUT2D eigenvalue weighted by Crippen LogP contribution is -2.24. The van der Waals surface area contributed by atoms with Gasteiger partial charge >= 0.3 is 0 Å². The van der Waals surface area contributed by atoms with Crippen molar-refractivity contribution in [1.82, 2.24) is 5.32 Å². The molecular formula is C13H17NO3. The van der Waals surface area contributed by atoms with Gasteiger partial charge in [0, 0.05) is 12.1 Å². The first kappa shape index (κ1) is 13.1. The summed E-state index contributed by atoms with van der Waals surface area (Å²) in [7, 11) is 3.12. The standard InChI is InChI=1S/C13H17NO3/c1-5-8-14-13(15)10-6-7-11(16-3)9(2)12(10)17-4/h5-7H,1,8H2,2-4H3,(H,14,15). The highest BCUT2D eigenvalue weighted by Crippen LogP contribution is 2.31. The van der Waals surface area contributed by atoms with Gasteiger partial charge in [0.2, 0.25) is 0 Å². The second kappa shape index (κ2) is 5.94. The highest BCUT2D eigenvalue weighted by molar-refractivity contribution is 5.97. The fourth-order valence-electron chi connectivity index (χ4n) is 1.60. The van der Waals surface area contributed by atoms with Crippen LogP contribution in [-0.2, 0) is 0 Å². The first-order valence-corrected chi connectivity index (χ1v) is 5.26. The van der Waals surface area contributed by atoms with E-state index in [0.29, 0.717) is 23.6 Å². The molecule has 1 amide bonds. The molecule has 1 aromatic rings. The number of hydrogen-bond donors (Lipinski definition) is 1. The largest absolute Gasteiger partial charge is 0.496 e. The van der Waals surface area contributed by atoms with Crippen molar-refractivity contribution >= 4 is 5.91 Å². The predicted octanol–water partition coefficient (Wildman–Crippen LogP) is 1.93. The van der Waals surface area contributed by atoms with E-state index >= 15 is 0 Å². The number of methoxy groups -OCH3 is 2. The van der Waals surface area contributed by atoms with Crippen LogP contribution < -0.4 is 14.8 Å². The zero-order valence-corrected chi connectivity index (χ0v) is 10.4. The molecule has 0 aliphatic rings. The van der Waals surface area contributed by atoms with E-state index in [4.69, 9.17) is 9.47 Å². The zero-order chi connectivity index (χ0) is 12.8. The Kier molecular flexibility index (Phi) is 4.57. The van der Waals surface area contributed by atoms with Crippen LogP contribution >= 0.6 is 0 Å². The van der Waals surface area contributed by atoms with Crippen LogP contribution in [0, 0.1) is 6.92 Å². The molecule has 0 spiro atoms. The summed E-state index contributed by atoms with van der Waals surface area (Å²) >= 11 is 0. The molecule has 0 radical (unpaired) electrons. The van der Waals surface area contributed by atoms with Crippen molar-refractivity contribution in [2.45, 2.75) is 6.92 Å². The fraction of sp³-hybridized carbons (Fsp3) is 0.308. The molecule has 0 aliphatic carbocycles. The van der Waals surface area contributed by atoms with E-state index in [1.165, 1.54) is 7.11 Å². The number of rotatable bonds is 5. The number of nitrogens with one attached hydrogen (secondary N) is 1. The predicted molar refractivity (Wildman–Crippen MR) is 66.8 cm³/mol. The average molecular weight is 235 g/mol. The minimum atomic E-state index is -0.187. The lowest BCUT2D eigenvalue weighted by Gasteiger charge is -2.13. The zero-order valence-electron chi connectivity index (χ0n) is 10.4. The van der Waals surface area contributed by atoms with Gasteiger partial charge < -0.3 is 14.8 Å². The van der Waals surface area contributed by atoms with Gasteiger partial charge in [-0.2, -0.15) is 0 Å². The molecule has 1 aromatic carbocycles. The Labute approximate surface area is 101 Å². The van der Waals surface area contributed by atoms with E-state index in [2.05, 4.69) is 11.9 Å². The van der Waals surface area contributed by atoms with Gasteiger partial charge in [-0.15, -0.1) is 6.58 Å². The molecule has 4 nitrogen and oxygen atoms in total. The van der Waals surface area contributed by atoms with Gasteiger partial charge in [0.05, 0.1) is 19.8 Å². The van der Waals surface area contributed by atoms with Crippen molar-refractivity contribution in [2.75, 3.05) is 20.8 Å². The number of amides is 1. The van der Waals surface area contributed by atoms with Crippen molar-refractivity contribution in [2.24, 2.45) is 0 Å². The summed E-state index contributed by atoms with van der Waals surface area (Å²) in [6.07, 6.45) is 1.63. The monoisotopic (exact) mass is 235 g/mol. The van der Waals surface area contributed by atoms with E-state index < -0.39 is 0 Å². The number of ether oxygens (including phenoxy) is 2. The number of benzene rings is 1. The van der Waals surface area contributed by atoms with Gasteiger partial charge in [-0.3, -0.25) is 4.79 Å². The third kappa shape index (κ3) is 2.78. The molecule has 4 heteroatoms. The van der Waals surface area contributed by atoms with Crippen LogP contribution in [0.15, 0.2) is 24.8 Å². The summed E-state index contributed by atoms with van der Waals surface area (Å²) in [4.78, 5) is 11.9. The van der Waals surface area contributed by atoms with E-state index in [1.807, 2.05) is 6.92 Å². The first-order chi connectivity index (χ1) is 8.15. The Morgan fingerprint density at radius 2 is 2.12 bits per heavy atom. The van der Waals surface area contributed by atoms with E-state index in [-0.39, 0.29) is 5.91 Å². The lowest BCUT2D eigenvalue weighted by molar-refractivity contribution is 0.0955. The normalized spacial score (nSPS) is 9.59. The summed E-state index contributed by atoms with van der Waals surface area (Å²) in [5.74, 6) is 1.04. The molecule has 1 N–H and O–H groups in total. The SMILES string of the molecule is C=CCNC(=O)c1ccc(OC)c(C)c1OC. The lowest BCUT2D eigenvalue weighted by atomic mass is 10.1. The fourth-order valence-corrected chi connectivity index (χ4v) is 1.60. The summed E-state index contributed by atoms with van der Waals surface area (Å²) in [6.45, 7) is 5.82. The maximum atomic E-state index is 11.9. The van der Waals surface area contributed by atoms with Crippen molar-refractivity contribution < 1.29 is 14.3 Å². The number of carbonyl (C=O) groups is 1. The molecule has 1 rings (SSSR count). The van der Waals surface area contributed by atoms with Gasteiger partial charge in [-0.05, 0) is 19.1 Å². The van der Waals surface area contributed by atoms with Gasteiger partial charge in [-0.1, -0.05) is 6.08 Å². The average Bonchev–Trinajstić information content (AvgIpc) is 2.35. The van der Waals surface area contributed by atoms with Crippen LogP contribution in [0.1, 0.15) is 15.9 Å². The molecular weight excluding hydrogens is 218 g/mol. The molecule has 17 heavy (non-hydrogen) atoms. The second-order valence-electron chi connectivity index (χ2n) is 3.47. The molecule has 0 aliphatic heterocycles. The molecule has 0 unspecified atom stereocenters. The summed E-state index contributed by atoms with van der Waals surface area (Å²) < 4.78 is 10.4. The molecule has 0 bridgehead atoms. The van der Waals surface area contributed by atoms with Crippen molar-refractivity contribution in [3.05, 3.63) is 35.9 Å². The van der Waals surface area contributed by atoms with Crippen molar-refractivity contribution in [3.8, 4) is 11.5 Å². The van der Waals surface area contributed by atoms with Crippen LogP contribution in [-0.4, -0.2) is 26.7 Å². The Morgan fingerprint density at radius 3 is 2.65 bits per heavy atom. The van der Waals surface area contributed by atoms with Crippen LogP contribution in [0.2, 0.25) is 0 Å². The molecule has 0 heterocycles. The topological polar surface area (TPSA) is 47.6 Å². The van der Waals surface area contributed by atoms with Crippen LogP contribution in [0.4, 0.5) is 0 Å². The highest BCUT2D eigenvalue weighted by Gasteiger charge is 2.16. The van der Waals surface area contributed by atoms with E-state index in [0.717, 1.165) is 5.56 Å². The molecule has 92 valence electrons. The second-order valence-corrected chi connectivity index (χ2v) is 3.47. The molecule has 0 aromatic heterocycles. The van der Waals surface area contributed by atoms with Gasteiger partial charge in [0.15, 0.2) is 0 Å². The van der Waals surface area contributed by atoms with Crippen molar-refractivity contribution in [1.29, 1.82) is 0 Å². The summed E-state index contributed by atoms with van der Waals surface area (Å²) in [5, 5.41) is 2.71. The van der Waals surface area contributed by atoms with Crippen LogP contribution in [0.25, 0.3) is 0 Å². The minimum Gasteiger partial charge on any atom is -0.496 e. The van der Waals surface area contributed by atoms with Gasteiger partial charge in [0.25, 0.3) is 5.91 Å². The van der Waals surface area contributed by atoms with Crippen LogP contribution in [0.3, 0.4) is 0 Å². The minimum absolute atomic E-state index is 0.187. The van der Waals surface area contributed by atoms with Crippen LogP contribution in [0.5, 0.6) is 11.5 Å². The molecule has 0 saturated carbocycles. The van der Waals surface area contributed by atoms with E-state index in [1.54, 1.807) is 25.3 Å². The van der Waals surface area contributed by atoms with Crippen molar-refractivity contribution in [3.63, 3.8) is 0 Å². The Bertz CT molecular complexity index is 427. The van der Waals surface area contributed by atoms with Gasteiger partial charge in [-0.25, -0.2) is 0 Å². The maximum absolute atomic E-state index is 11.9. The number of carbonyl (C=O) groups excluding carboxylic acids is 1. The third-order valence-electron chi connectivity index (χ3n) is 2.43. The molecule has 0 saturated heterocycles. The Morgan fingerprint density at radius 1 is 1.41 bits per heavy atom. The highest BCUT2D eigenvalue weighted by atomic mass is 16.5. The van der Waals surface area contributed by atoms with Gasteiger partial charge in [0.1, 0.15) is 11.5 Å².